The topological polar surface area (TPSA) is 72.2 Å². The van der Waals surface area contributed by atoms with Crippen molar-refractivity contribution in [2.24, 2.45) is 0 Å². The van der Waals surface area contributed by atoms with Crippen molar-refractivity contribution < 1.29 is 31.1 Å². The maximum absolute atomic E-state index is 14.1. The first-order valence-electron chi connectivity index (χ1n) is 9.97. The van der Waals surface area contributed by atoms with Gasteiger partial charge in [0.1, 0.15) is 28.6 Å². The van der Waals surface area contributed by atoms with Gasteiger partial charge in [0, 0.05) is 47.9 Å². The van der Waals surface area contributed by atoms with Gasteiger partial charge in [0.2, 0.25) is 5.78 Å². The van der Waals surface area contributed by atoms with Crippen LogP contribution in [-0.4, -0.2) is 24.7 Å². The highest BCUT2D eigenvalue weighted by molar-refractivity contribution is 6.16. The van der Waals surface area contributed by atoms with Gasteiger partial charge in [-0.15, -0.1) is 0 Å². The molecule has 0 aliphatic rings. The van der Waals surface area contributed by atoms with Crippen LogP contribution in [0.15, 0.2) is 59.9 Å². The monoisotopic (exact) mass is 490 g/mol. The van der Waals surface area contributed by atoms with Crippen LogP contribution in [0.5, 0.6) is 0 Å². The first kappa shape index (κ1) is 22.4. The number of fused-ring (bicyclic) bond motifs is 2. The third-order valence-electron chi connectivity index (χ3n) is 5.46. The highest BCUT2D eigenvalue weighted by Gasteiger charge is 2.31. The van der Waals surface area contributed by atoms with Crippen molar-refractivity contribution in [2.45, 2.75) is 12.7 Å². The molecule has 5 rings (SSSR count). The van der Waals surface area contributed by atoms with Gasteiger partial charge >= 0.3 is 6.18 Å². The molecule has 0 amide bonds. The standard InChI is InChI=1S/C23H12F6N4O2/c24-12-6-16(25)19(17(26)7-12)21(34)15-8-30-20-14(15)2-4-33(22(20)35)10-13-9-32-3-1-11(23(27,28)29)5-18(32)31-13/h1-9,30H,10H2. The summed E-state index contributed by atoms with van der Waals surface area (Å²) in [5.74, 6) is -5.02. The molecule has 0 atom stereocenters. The largest absolute Gasteiger partial charge is 0.416 e. The number of carbonyl (C=O) groups excluding carboxylic acids is 1. The highest BCUT2D eigenvalue weighted by atomic mass is 19.4. The fourth-order valence-corrected chi connectivity index (χ4v) is 3.83. The average Bonchev–Trinajstić information content (AvgIpc) is 3.37. The van der Waals surface area contributed by atoms with E-state index in [0.29, 0.717) is 17.8 Å². The zero-order chi connectivity index (χ0) is 25.1. The van der Waals surface area contributed by atoms with E-state index in [1.165, 1.54) is 33.6 Å². The molecule has 0 radical (unpaired) electrons. The first-order valence-corrected chi connectivity index (χ1v) is 9.97. The molecule has 178 valence electrons. The predicted octanol–water partition coefficient (Wildman–Crippen LogP) is 4.69. The Morgan fingerprint density at radius 2 is 1.74 bits per heavy atom. The summed E-state index contributed by atoms with van der Waals surface area (Å²) in [5, 5.41) is 0.0872. The highest BCUT2D eigenvalue weighted by Crippen LogP contribution is 2.29. The summed E-state index contributed by atoms with van der Waals surface area (Å²) in [4.78, 5) is 32.4. The van der Waals surface area contributed by atoms with Crippen LogP contribution >= 0.6 is 0 Å². The number of aromatic amines is 1. The Kier molecular flexibility index (Phi) is 5.04. The Balaban J connectivity index is 1.50. The zero-order valence-electron chi connectivity index (χ0n) is 17.3. The van der Waals surface area contributed by atoms with Crippen molar-refractivity contribution in [3.63, 3.8) is 0 Å². The van der Waals surface area contributed by atoms with E-state index in [1.54, 1.807) is 0 Å². The van der Waals surface area contributed by atoms with E-state index in [0.717, 1.165) is 18.3 Å². The number of nitrogens with one attached hydrogen (secondary N) is 1. The molecule has 1 aromatic carbocycles. The van der Waals surface area contributed by atoms with Crippen molar-refractivity contribution in [3.05, 3.63) is 105 Å². The number of rotatable bonds is 4. The molecule has 1 N–H and O–H groups in total. The number of ketones is 1. The van der Waals surface area contributed by atoms with Gasteiger partial charge in [-0.25, -0.2) is 18.2 Å². The van der Waals surface area contributed by atoms with Crippen LogP contribution in [0.4, 0.5) is 26.3 Å². The Labute approximate surface area is 191 Å². The Morgan fingerprint density at radius 3 is 2.43 bits per heavy atom. The Morgan fingerprint density at radius 1 is 1.03 bits per heavy atom. The van der Waals surface area contributed by atoms with E-state index in [1.807, 2.05) is 0 Å². The van der Waals surface area contributed by atoms with Crippen LogP contribution in [0.25, 0.3) is 16.6 Å². The summed E-state index contributed by atoms with van der Waals surface area (Å²) in [7, 11) is 0. The second-order valence-corrected chi connectivity index (χ2v) is 7.72. The van der Waals surface area contributed by atoms with Gasteiger partial charge in [0.25, 0.3) is 5.56 Å². The zero-order valence-corrected chi connectivity index (χ0v) is 17.3. The SMILES string of the molecule is O=C(c1c(F)cc(F)cc1F)c1c[nH]c2c(=O)n(Cc3cn4ccc(C(F)(F)F)cc4n3)ccc12. The predicted molar refractivity (Wildman–Crippen MR) is 112 cm³/mol. The van der Waals surface area contributed by atoms with E-state index in [-0.39, 0.29) is 28.7 Å². The number of imidazole rings is 1. The molecule has 5 aromatic rings. The normalized spacial score (nSPS) is 12.1. The number of H-pyrrole nitrogens is 1. The molecule has 4 heterocycles. The minimum absolute atomic E-state index is 0.0399. The van der Waals surface area contributed by atoms with Crippen LogP contribution in [0, 0.1) is 17.5 Å². The number of hydrogen-bond donors (Lipinski definition) is 1. The number of pyridine rings is 2. The fraction of sp³-hybridized carbons (Fsp3) is 0.0870. The van der Waals surface area contributed by atoms with Crippen LogP contribution in [-0.2, 0) is 12.7 Å². The van der Waals surface area contributed by atoms with E-state index in [4.69, 9.17) is 0 Å². The second kappa shape index (κ2) is 7.86. The summed E-state index contributed by atoms with van der Waals surface area (Å²) >= 11 is 0. The van der Waals surface area contributed by atoms with Crippen molar-refractivity contribution >= 4 is 22.3 Å². The molecule has 6 nitrogen and oxygen atoms in total. The lowest BCUT2D eigenvalue weighted by atomic mass is 10.0. The van der Waals surface area contributed by atoms with Gasteiger partial charge in [-0.05, 0) is 18.2 Å². The summed E-state index contributed by atoms with van der Waals surface area (Å²) in [6.45, 7) is -0.0959. The number of aromatic nitrogens is 4. The molecule has 0 aliphatic heterocycles. The minimum Gasteiger partial charge on any atom is -0.356 e. The van der Waals surface area contributed by atoms with Crippen molar-refractivity contribution in [3.8, 4) is 0 Å². The molecular weight excluding hydrogens is 478 g/mol. The smallest absolute Gasteiger partial charge is 0.356 e. The minimum atomic E-state index is -4.53. The number of benzene rings is 1. The molecule has 0 fully saturated rings. The summed E-state index contributed by atoms with van der Waals surface area (Å²) in [6, 6.07) is 3.92. The number of alkyl halides is 3. The molecule has 0 bridgehead atoms. The third kappa shape index (κ3) is 3.86. The lowest BCUT2D eigenvalue weighted by Crippen LogP contribution is -2.20. The van der Waals surface area contributed by atoms with Crippen LogP contribution in [0.2, 0.25) is 0 Å². The molecule has 35 heavy (non-hydrogen) atoms. The van der Waals surface area contributed by atoms with Crippen molar-refractivity contribution in [1.29, 1.82) is 0 Å². The number of hydrogen-bond acceptors (Lipinski definition) is 3. The van der Waals surface area contributed by atoms with E-state index >= 15 is 0 Å². The summed E-state index contributed by atoms with van der Waals surface area (Å²) in [6.07, 6.45) is 0.577. The van der Waals surface area contributed by atoms with Crippen LogP contribution < -0.4 is 5.56 Å². The molecule has 0 saturated carbocycles. The molecule has 4 aromatic heterocycles. The van der Waals surface area contributed by atoms with Gasteiger partial charge in [0.15, 0.2) is 0 Å². The number of halogens is 6. The van der Waals surface area contributed by atoms with Crippen molar-refractivity contribution in [1.82, 2.24) is 18.9 Å². The molecule has 0 unspecified atom stereocenters. The first-order chi connectivity index (χ1) is 16.5. The van der Waals surface area contributed by atoms with Gasteiger partial charge < -0.3 is 14.0 Å². The van der Waals surface area contributed by atoms with E-state index < -0.39 is 46.1 Å². The Bertz CT molecular complexity index is 1670. The van der Waals surface area contributed by atoms with E-state index in [2.05, 4.69) is 9.97 Å². The molecule has 0 saturated heterocycles. The van der Waals surface area contributed by atoms with Gasteiger partial charge in [-0.1, -0.05) is 0 Å². The summed E-state index contributed by atoms with van der Waals surface area (Å²) in [5.41, 5.74) is -2.32. The average molecular weight is 490 g/mol. The number of carbonyl (C=O) groups is 1. The molecule has 0 spiro atoms. The maximum Gasteiger partial charge on any atom is 0.416 e. The van der Waals surface area contributed by atoms with Gasteiger partial charge in [-0.2, -0.15) is 13.2 Å². The third-order valence-corrected chi connectivity index (χ3v) is 5.46. The van der Waals surface area contributed by atoms with Crippen LogP contribution in [0.1, 0.15) is 27.2 Å². The van der Waals surface area contributed by atoms with Crippen molar-refractivity contribution in [2.75, 3.05) is 0 Å². The quantitative estimate of drug-likeness (QED) is 0.294. The fourth-order valence-electron chi connectivity index (χ4n) is 3.83. The maximum atomic E-state index is 14.1. The molecule has 12 heteroatoms. The van der Waals surface area contributed by atoms with Crippen LogP contribution in [0.3, 0.4) is 0 Å². The molecular formula is C23H12F6N4O2. The second-order valence-electron chi connectivity index (χ2n) is 7.72. The van der Waals surface area contributed by atoms with E-state index in [9.17, 15) is 35.9 Å². The lowest BCUT2D eigenvalue weighted by molar-refractivity contribution is -0.137. The Hall–Kier alpha value is -4.35. The van der Waals surface area contributed by atoms with Gasteiger partial charge in [0.05, 0.1) is 23.4 Å². The number of nitrogens with zero attached hydrogens (tertiary/aromatic N) is 3. The van der Waals surface area contributed by atoms with Gasteiger partial charge in [-0.3, -0.25) is 9.59 Å². The lowest BCUT2D eigenvalue weighted by Gasteiger charge is -2.05. The summed E-state index contributed by atoms with van der Waals surface area (Å²) < 4.78 is 82.7. The molecule has 0 aliphatic carbocycles.